The molecule has 3 aromatic carbocycles. The van der Waals surface area contributed by atoms with Crippen LogP contribution in [0.4, 0.5) is 5.69 Å². The number of anilines is 1. The molecule has 0 bridgehead atoms. The molecule has 0 heterocycles. The van der Waals surface area contributed by atoms with Gasteiger partial charge in [0.25, 0.3) is 5.91 Å². The highest BCUT2D eigenvalue weighted by Crippen LogP contribution is 2.27. The lowest BCUT2D eigenvalue weighted by atomic mass is 10.2. The van der Waals surface area contributed by atoms with Crippen LogP contribution in [0.5, 0.6) is 11.5 Å². The maximum atomic E-state index is 12.1. The summed E-state index contributed by atoms with van der Waals surface area (Å²) in [5.74, 6) is 0.691. The first-order valence-corrected chi connectivity index (χ1v) is 10.3. The number of carbonyl (C=O) groups excluding carboxylic acids is 1. The molecule has 3 N–H and O–H groups in total. The summed E-state index contributed by atoms with van der Waals surface area (Å²) in [4.78, 5) is 12.1. The zero-order valence-corrected chi connectivity index (χ0v) is 18.4. The van der Waals surface area contributed by atoms with Gasteiger partial charge in [-0.15, -0.1) is 0 Å². The van der Waals surface area contributed by atoms with Crippen molar-refractivity contribution in [3.8, 4) is 11.5 Å². The lowest BCUT2D eigenvalue weighted by molar-refractivity contribution is -0.118. The fraction of sp³-hybridized carbons (Fsp3) is 0.125. The molecule has 3 aromatic rings. The Balaban J connectivity index is 1.48. The summed E-state index contributed by atoms with van der Waals surface area (Å²) in [6, 6.07) is 24.4. The molecular formula is C24H24N4O3S. The maximum absolute atomic E-state index is 12.1. The number of thiocarbonyl (C=S) groups is 1. The number of carbonyl (C=O) groups is 1. The highest BCUT2D eigenvalue weighted by molar-refractivity contribution is 7.80. The van der Waals surface area contributed by atoms with E-state index in [0.717, 1.165) is 11.1 Å². The average molecular weight is 449 g/mol. The van der Waals surface area contributed by atoms with E-state index in [9.17, 15) is 4.79 Å². The minimum absolute atomic E-state index is 0.137. The van der Waals surface area contributed by atoms with Crippen molar-refractivity contribution in [2.45, 2.75) is 6.54 Å². The van der Waals surface area contributed by atoms with E-state index in [1.165, 1.54) is 7.11 Å². The minimum Gasteiger partial charge on any atom is -0.493 e. The number of benzene rings is 3. The molecule has 0 saturated carbocycles. The van der Waals surface area contributed by atoms with Crippen molar-refractivity contribution < 1.29 is 14.3 Å². The Bertz CT molecular complexity index is 1060. The Labute approximate surface area is 192 Å². The van der Waals surface area contributed by atoms with Crippen LogP contribution in [0.2, 0.25) is 0 Å². The zero-order valence-electron chi connectivity index (χ0n) is 17.6. The number of amides is 1. The second-order valence-corrected chi connectivity index (χ2v) is 7.06. The Morgan fingerprint density at radius 3 is 2.44 bits per heavy atom. The van der Waals surface area contributed by atoms with Gasteiger partial charge in [0.2, 0.25) is 0 Å². The molecule has 0 aliphatic rings. The van der Waals surface area contributed by atoms with Crippen LogP contribution < -0.4 is 25.5 Å². The van der Waals surface area contributed by atoms with Gasteiger partial charge < -0.3 is 20.1 Å². The van der Waals surface area contributed by atoms with Crippen LogP contribution in [-0.2, 0) is 11.3 Å². The van der Waals surface area contributed by atoms with Gasteiger partial charge in [0.1, 0.15) is 0 Å². The predicted molar refractivity (Wildman–Crippen MR) is 130 cm³/mol. The molecule has 164 valence electrons. The molecule has 0 fully saturated rings. The molecule has 0 aromatic heterocycles. The molecule has 0 unspecified atom stereocenters. The van der Waals surface area contributed by atoms with Crippen molar-refractivity contribution in [3.63, 3.8) is 0 Å². The van der Waals surface area contributed by atoms with Gasteiger partial charge in [-0.3, -0.25) is 10.2 Å². The summed E-state index contributed by atoms with van der Waals surface area (Å²) >= 11 is 5.23. The number of rotatable bonds is 9. The number of nitrogens with zero attached hydrogens (tertiary/aromatic N) is 1. The number of methoxy groups -OCH3 is 1. The standard InChI is InChI=1S/C24H24N4O3S/c1-30-22-14-19(16-26-28-24(32)25-15-18-8-4-2-5-9-18)12-13-21(22)31-17-23(29)27-20-10-6-3-7-11-20/h2-14,16H,15,17H2,1H3,(H,27,29)(H2,25,28,32)/b26-16+. The molecule has 7 nitrogen and oxygen atoms in total. The molecule has 1 amide bonds. The second-order valence-electron chi connectivity index (χ2n) is 6.65. The number of hydrogen-bond acceptors (Lipinski definition) is 5. The lowest BCUT2D eigenvalue weighted by Gasteiger charge is -2.11. The van der Waals surface area contributed by atoms with Crippen molar-refractivity contribution in [1.29, 1.82) is 0 Å². The molecule has 8 heteroatoms. The Kier molecular flexibility index (Phi) is 8.59. The van der Waals surface area contributed by atoms with Crippen LogP contribution in [0.3, 0.4) is 0 Å². The summed E-state index contributed by atoms with van der Waals surface area (Å²) in [6.07, 6.45) is 1.62. The number of hydrogen-bond donors (Lipinski definition) is 3. The van der Waals surface area contributed by atoms with Crippen LogP contribution >= 0.6 is 12.2 Å². The highest BCUT2D eigenvalue weighted by Gasteiger charge is 2.09. The summed E-state index contributed by atoms with van der Waals surface area (Å²) in [5, 5.41) is 10.4. The molecule has 0 radical (unpaired) electrons. The van der Waals surface area contributed by atoms with Gasteiger partial charge in [-0.2, -0.15) is 5.10 Å². The Hall–Kier alpha value is -3.91. The third kappa shape index (κ3) is 7.41. The van der Waals surface area contributed by atoms with E-state index in [2.05, 4.69) is 21.2 Å². The van der Waals surface area contributed by atoms with E-state index in [1.807, 2.05) is 60.7 Å². The van der Waals surface area contributed by atoms with Crippen LogP contribution in [0.1, 0.15) is 11.1 Å². The van der Waals surface area contributed by atoms with Gasteiger partial charge >= 0.3 is 0 Å². The molecule has 0 saturated heterocycles. The quantitative estimate of drug-likeness (QED) is 0.263. The fourth-order valence-electron chi connectivity index (χ4n) is 2.73. The molecule has 0 aliphatic carbocycles. The van der Waals surface area contributed by atoms with Crippen LogP contribution in [-0.4, -0.2) is 31.0 Å². The molecule has 0 aliphatic heterocycles. The number of ether oxygens (including phenoxy) is 2. The Morgan fingerprint density at radius 2 is 1.72 bits per heavy atom. The van der Waals surface area contributed by atoms with Crippen molar-refractivity contribution in [3.05, 3.63) is 90.0 Å². The van der Waals surface area contributed by atoms with Crippen LogP contribution in [0.15, 0.2) is 84.0 Å². The van der Waals surface area contributed by atoms with Gasteiger partial charge in [0, 0.05) is 12.2 Å². The average Bonchev–Trinajstić information content (AvgIpc) is 2.83. The molecular weight excluding hydrogens is 424 g/mol. The van der Waals surface area contributed by atoms with E-state index >= 15 is 0 Å². The third-order valence-electron chi connectivity index (χ3n) is 4.28. The van der Waals surface area contributed by atoms with E-state index in [-0.39, 0.29) is 12.5 Å². The smallest absolute Gasteiger partial charge is 0.262 e. The number of hydrazone groups is 1. The first kappa shape index (κ1) is 22.8. The fourth-order valence-corrected chi connectivity index (χ4v) is 2.85. The van der Waals surface area contributed by atoms with Crippen LogP contribution in [0.25, 0.3) is 0 Å². The third-order valence-corrected chi connectivity index (χ3v) is 4.52. The van der Waals surface area contributed by atoms with Gasteiger partial charge in [-0.1, -0.05) is 48.5 Å². The minimum atomic E-state index is -0.260. The maximum Gasteiger partial charge on any atom is 0.262 e. The van der Waals surface area contributed by atoms with Crippen molar-refractivity contribution in [2.75, 3.05) is 19.0 Å². The highest BCUT2D eigenvalue weighted by atomic mass is 32.1. The predicted octanol–water partition coefficient (Wildman–Crippen LogP) is 3.71. The molecule has 32 heavy (non-hydrogen) atoms. The van der Waals surface area contributed by atoms with Gasteiger partial charge in [0.05, 0.1) is 13.3 Å². The summed E-state index contributed by atoms with van der Waals surface area (Å²) in [5.41, 5.74) is 5.40. The largest absolute Gasteiger partial charge is 0.493 e. The van der Waals surface area contributed by atoms with Crippen molar-refractivity contribution in [1.82, 2.24) is 10.7 Å². The lowest BCUT2D eigenvalue weighted by Crippen LogP contribution is -2.31. The number of para-hydroxylation sites is 1. The summed E-state index contributed by atoms with van der Waals surface area (Å²) in [6.45, 7) is 0.474. The van der Waals surface area contributed by atoms with Crippen molar-refractivity contribution >= 4 is 35.1 Å². The first-order valence-electron chi connectivity index (χ1n) is 9.90. The molecule has 0 spiro atoms. The zero-order chi connectivity index (χ0) is 22.6. The van der Waals surface area contributed by atoms with Crippen molar-refractivity contribution in [2.24, 2.45) is 5.10 Å². The van der Waals surface area contributed by atoms with Gasteiger partial charge in [-0.25, -0.2) is 0 Å². The number of nitrogens with one attached hydrogen (secondary N) is 3. The van der Waals surface area contributed by atoms with Gasteiger partial charge in [-0.05, 0) is 53.7 Å². The normalized spacial score (nSPS) is 10.4. The Morgan fingerprint density at radius 1 is 1.00 bits per heavy atom. The van der Waals surface area contributed by atoms with E-state index in [4.69, 9.17) is 21.7 Å². The topological polar surface area (TPSA) is 84.0 Å². The van der Waals surface area contributed by atoms with E-state index < -0.39 is 0 Å². The molecule has 0 atom stereocenters. The second kappa shape index (κ2) is 12.1. The van der Waals surface area contributed by atoms with Gasteiger partial charge in [0.15, 0.2) is 23.2 Å². The summed E-state index contributed by atoms with van der Waals surface area (Å²) in [7, 11) is 1.54. The molecule has 3 rings (SSSR count). The van der Waals surface area contributed by atoms with Crippen LogP contribution in [0, 0.1) is 0 Å². The SMILES string of the molecule is COc1cc(/C=N/NC(=S)NCc2ccccc2)ccc1OCC(=O)Nc1ccccc1. The van der Waals surface area contributed by atoms with E-state index in [1.54, 1.807) is 24.4 Å². The monoisotopic (exact) mass is 448 g/mol. The summed E-state index contributed by atoms with van der Waals surface area (Å²) < 4.78 is 11.0. The van der Waals surface area contributed by atoms with E-state index in [0.29, 0.717) is 28.8 Å². The first-order chi connectivity index (χ1) is 15.6.